The summed E-state index contributed by atoms with van der Waals surface area (Å²) in [5.74, 6) is 0. The van der Waals surface area contributed by atoms with Gasteiger partial charge < -0.3 is 0 Å². The summed E-state index contributed by atoms with van der Waals surface area (Å²) in [7, 11) is 0. The van der Waals surface area contributed by atoms with Crippen molar-refractivity contribution in [2.75, 3.05) is 0 Å². The Kier molecular flexibility index (Phi) is 2.08. The van der Waals surface area contributed by atoms with E-state index in [1.165, 1.54) is 0 Å². The first-order chi connectivity index (χ1) is 9.42. The van der Waals surface area contributed by atoms with Crippen LogP contribution in [0.5, 0.6) is 0 Å². The van der Waals surface area contributed by atoms with E-state index in [2.05, 4.69) is 15.2 Å². The number of pyridine rings is 1. The molecule has 0 bridgehead atoms. The zero-order chi connectivity index (χ0) is 12.7. The minimum Gasteiger partial charge on any atom is -0.256 e. The second-order valence-corrected chi connectivity index (χ2v) is 4.33. The van der Waals surface area contributed by atoms with Gasteiger partial charge in [-0.2, -0.15) is 4.80 Å². The molecule has 0 aliphatic carbocycles. The highest BCUT2D eigenvalue weighted by Gasteiger charge is 2.08. The quantitative estimate of drug-likeness (QED) is 0.518. The van der Waals surface area contributed by atoms with Gasteiger partial charge >= 0.3 is 0 Å². The molecule has 0 saturated carbocycles. The van der Waals surface area contributed by atoms with E-state index in [4.69, 9.17) is 0 Å². The third-order valence-electron chi connectivity index (χ3n) is 3.12. The van der Waals surface area contributed by atoms with Gasteiger partial charge in [-0.05, 0) is 36.4 Å². The van der Waals surface area contributed by atoms with Crippen molar-refractivity contribution in [3.05, 3.63) is 60.8 Å². The molecule has 0 saturated heterocycles. The van der Waals surface area contributed by atoms with Crippen LogP contribution in [0.25, 0.3) is 27.6 Å². The summed E-state index contributed by atoms with van der Waals surface area (Å²) < 4.78 is 0. The standard InChI is InChI=1S/C15H10N4/c1-2-5-11(6-3-1)19-17-14-9-8-13-12(15(14)18-19)7-4-10-16-13/h1-10H. The van der Waals surface area contributed by atoms with E-state index in [-0.39, 0.29) is 0 Å². The first-order valence-electron chi connectivity index (χ1n) is 6.08. The lowest BCUT2D eigenvalue weighted by Gasteiger charge is -1.96. The lowest BCUT2D eigenvalue weighted by Crippen LogP contribution is -1.97. The summed E-state index contributed by atoms with van der Waals surface area (Å²) in [6, 6.07) is 17.8. The van der Waals surface area contributed by atoms with Crippen molar-refractivity contribution in [3.8, 4) is 5.69 Å². The molecule has 2 aromatic heterocycles. The average molecular weight is 246 g/mol. The second kappa shape index (κ2) is 3.88. The minimum absolute atomic E-state index is 0.879. The van der Waals surface area contributed by atoms with Crippen molar-refractivity contribution in [2.45, 2.75) is 0 Å². The summed E-state index contributed by atoms with van der Waals surface area (Å²) in [5, 5.41) is 10.1. The average Bonchev–Trinajstić information content (AvgIpc) is 2.93. The molecule has 0 atom stereocenters. The highest BCUT2D eigenvalue weighted by atomic mass is 15.5. The van der Waals surface area contributed by atoms with Gasteiger partial charge in [0.15, 0.2) is 0 Å². The Morgan fingerprint density at radius 1 is 0.737 bits per heavy atom. The Labute approximate surface area is 109 Å². The van der Waals surface area contributed by atoms with Gasteiger partial charge in [-0.15, -0.1) is 10.2 Å². The molecule has 4 heteroatoms. The number of aromatic nitrogens is 4. The van der Waals surface area contributed by atoms with Crippen LogP contribution < -0.4 is 0 Å². The number of nitrogens with zero attached hydrogens (tertiary/aromatic N) is 4. The lowest BCUT2D eigenvalue weighted by atomic mass is 10.2. The van der Waals surface area contributed by atoms with E-state index in [0.29, 0.717) is 0 Å². The fraction of sp³-hybridized carbons (Fsp3) is 0. The zero-order valence-electron chi connectivity index (χ0n) is 10.1. The van der Waals surface area contributed by atoms with Crippen LogP contribution in [0.15, 0.2) is 60.8 Å². The molecule has 0 fully saturated rings. The van der Waals surface area contributed by atoms with Gasteiger partial charge in [0.05, 0.1) is 11.2 Å². The molecule has 4 nitrogen and oxygen atoms in total. The third-order valence-corrected chi connectivity index (χ3v) is 3.12. The van der Waals surface area contributed by atoms with Gasteiger partial charge in [0.1, 0.15) is 11.0 Å². The Bertz CT molecular complexity index is 865. The van der Waals surface area contributed by atoms with Gasteiger partial charge in [-0.1, -0.05) is 18.2 Å². The molecular weight excluding hydrogens is 236 g/mol. The molecule has 2 aromatic carbocycles. The Morgan fingerprint density at radius 2 is 1.58 bits per heavy atom. The van der Waals surface area contributed by atoms with Crippen LogP contribution in [0.4, 0.5) is 0 Å². The number of hydrogen-bond donors (Lipinski definition) is 0. The zero-order valence-corrected chi connectivity index (χ0v) is 10.1. The highest BCUT2D eigenvalue weighted by molar-refractivity contribution is 6.01. The van der Waals surface area contributed by atoms with E-state index in [1.54, 1.807) is 11.0 Å². The molecule has 0 aliphatic rings. The fourth-order valence-corrected chi connectivity index (χ4v) is 2.21. The number of hydrogen-bond acceptors (Lipinski definition) is 3. The van der Waals surface area contributed by atoms with Gasteiger partial charge in [-0.25, -0.2) is 0 Å². The third kappa shape index (κ3) is 1.57. The van der Waals surface area contributed by atoms with Crippen molar-refractivity contribution >= 4 is 21.9 Å². The van der Waals surface area contributed by atoms with E-state index in [9.17, 15) is 0 Å². The van der Waals surface area contributed by atoms with Crippen LogP contribution in [-0.2, 0) is 0 Å². The molecule has 4 aromatic rings. The molecule has 2 heterocycles. The first kappa shape index (κ1) is 10.2. The Morgan fingerprint density at radius 3 is 2.47 bits per heavy atom. The SMILES string of the molecule is c1ccc(-n2nc3ccc4ncccc4c3n2)cc1. The van der Waals surface area contributed by atoms with E-state index >= 15 is 0 Å². The normalized spacial score (nSPS) is 11.2. The smallest absolute Gasteiger partial charge is 0.123 e. The van der Waals surface area contributed by atoms with Crippen molar-refractivity contribution in [1.29, 1.82) is 0 Å². The summed E-state index contributed by atoms with van der Waals surface area (Å²) >= 11 is 0. The molecule has 0 aliphatic heterocycles. The molecular formula is C15H10N4. The number of fused-ring (bicyclic) bond motifs is 3. The van der Waals surface area contributed by atoms with Crippen LogP contribution in [0.2, 0.25) is 0 Å². The molecule has 0 N–H and O–H groups in total. The predicted molar refractivity (Wildman–Crippen MR) is 74.2 cm³/mol. The highest BCUT2D eigenvalue weighted by Crippen LogP contribution is 2.21. The molecule has 4 rings (SSSR count). The van der Waals surface area contributed by atoms with Crippen molar-refractivity contribution in [2.24, 2.45) is 0 Å². The molecule has 90 valence electrons. The van der Waals surface area contributed by atoms with E-state index in [0.717, 1.165) is 27.6 Å². The molecule has 0 spiro atoms. The van der Waals surface area contributed by atoms with Crippen LogP contribution in [0, 0.1) is 0 Å². The van der Waals surface area contributed by atoms with Crippen molar-refractivity contribution in [3.63, 3.8) is 0 Å². The molecule has 0 radical (unpaired) electrons. The van der Waals surface area contributed by atoms with Crippen LogP contribution in [0.3, 0.4) is 0 Å². The van der Waals surface area contributed by atoms with Crippen molar-refractivity contribution in [1.82, 2.24) is 20.0 Å². The summed E-state index contributed by atoms with van der Waals surface area (Å²) in [5.41, 5.74) is 3.66. The monoisotopic (exact) mass is 246 g/mol. The maximum atomic E-state index is 4.58. The topological polar surface area (TPSA) is 43.6 Å². The molecule has 0 unspecified atom stereocenters. The summed E-state index contributed by atoms with van der Waals surface area (Å²) in [6.45, 7) is 0. The van der Waals surface area contributed by atoms with E-state index < -0.39 is 0 Å². The first-order valence-corrected chi connectivity index (χ1v) is 6.08. The van der Waals surface area contributed by atoms with Crippen LogP contribution in [0.1, 0.15) is 0 Å². The van der Waals surface area contributed by atoms with Crippen molar-refractivity contribution < 1.29 is 0 Å². The lowest BCUT2D eigenvalue weighted by molar-refractivity contribution is 0.766. The van der Waals surface area contributed by atoms with Crippen LogP contribution in [-0.4, -0.2) is 20.0 Å². The van der Waals surface area contributed by atoms with Gasteiger partial charge in [-0.3, -0.25) is 4.98 Å². The fourth-order valence-electron chi connectivity index (χ4n) is 2.21. The Balaban J connectivity index is 2.04. The predicted octanol–water partition coefficient (Wildman–Crippen LogP) is 2.97. The number of benzene rings is 2. The summed E-state index contributed by atoms with van der Waals surface area (Å²) in [4.78, 5) is 6.00. The minimum atomic E-state index is 0.879. The van der Waals surface area contributed by atoms with Gasteiger partial charge in [0.25, 0.3) is 0 Å². The number of rotatable bonds is 1. The largest absolute Gasteiger partial charge is 0.256 e. The van der Waals surface area contributed by atoms with Gasteiger partial charge in [0.2, 0.25) is 0 Å². The number of para-hydroxylation sites is 1. The van der Waals surface area contributed by atoms with Gasteiger partial charge in [0, 0.05) is 11.6 Å². The summed E-state index contributed by atoms with van der Waals surface area (Å²) in [6.07, 6.45) is 1.79. The molecule has 0 amide bonds. The van der Waals surface area contributed by atoms with E-state index in [1.807, 2.05) is 54.6 Å². The van der Waals surface area contributed by atoms with Crippen LogP contribution >= 0.6 is 0 Å². The maximum absolute atomic E-state index is 4.58. The Hall–Kier alpha value is -2.75. The maximum Gasteiger partial charge on any atom is 0.123 e. The molecule has 19 heavy (non-hydrogen) atoms. The second-order valence-electron chi connectivity index (χ2n) is 4.33.